The Bertz CT molecular complexity index is 881. The van der Waals surface area contributed by atoms with Gasteiger partial charge in [-0.25, -0.2) is 9.97 Å². The summed E-state index contributed by atoms with van der Waals surface area (Å²) < 4.78 is 2.18. The minimum Gasteiger partial charge on any atom is -0.345 e. The van der Waals surface area contributed by atoms with Crippen molar-refractivity contribution in [2.45, 2.75) is 13.0 Å². The zero-order valence-corrected chi connectivity index (χ0v) is 12.9. The van der Waals surface area contributed by atoms with Crippen LogP contribution in [0.4, 0.5) is 0 Å². The van der Waals surface area contributed by atoms with Crippen LogP contribution in [0.25, 0.3) is 22.8 Å². The number of hydrogen-bond donors (Lipinski definition) is 0. The number of nitrogens with zero attached hydrogens (tertiary/aromatic N) is 3. The van der Waals surface area contributed by atoms with Crippen molar-refractivity contribution < 1.29 is 0 Å². The molecule has 0 N–H and O–H groups in total. The van der Waals surface area contributed by atoms with Gasteiger partial charge in [-0.1, -0.05) is 60.7 Å². The van der Waals surface area contributed by atoms with Crippen molar-refractivity contribution in [3.63, 3.8) is 0 Å². The first-order valence-electron chi connectivity index (χ1n) is 7.77. The van der Waals surface area contributed by atoms with Gasteiger partial charge >= 0.3 is 0 Å². The second-order valence-corrected chi connectivity index (χ2v) is 5.66. The lowest BCUT2D eigenvalue weighted by Gasteiger charge is -2.17. The van der Waals surface area contributed by atoms with E-state index >= 15 is 0 Å². The molecule has 0 aliphatic carbocycles. The van der Waals surface area contributed by atoms with E-state index in [0.29, 0.717) is 0 Å². The first-order chi connectivity index (χ1) is 11.3. The van der Waals surface area contributed by atoms with E-state index in [1.54, 1.807) is 0 Å². The smallest absolute Gasteiger partial charge is 0.160 e. The zero-order chi connectivity index (χ0) is 15.6. The molecule has 0 radical (unpaired) electrons. The first kappa shape index (κ1) is 13.7. The lowest BCUT2D eigenvalue weighted by molar-refractivity contribution is 0.634. The van der Waals surface area contributed by atoms with E-state index in [4.69, 9.17) is 0 Å². The van der Waals surface area contributed by atoms with Gasteiger partial charge in [0.2, 0.25) is 0 Å². The van der Waals surface area contributed by atoms with Gasteiger partial charge in [0.15, 0.2) is 5.82 Å². The van der Waals surface area contributed by atoms with Gasteiger partial charge in [-0.3, -0.25) is 0 Å². The van der Waals surface area contributed by atoms with Crippen LogP contribution in [0.5, 0.6) is 0 Å². The van der Waals surface area contributed by atoms with Crippen molar-refractivity contribution in [2.75, 3.05) is 0 Å². The summed E-state index contributed by atoms with van der Waals surface area (Å²) in [5.41, 5.74) is 4.18. The fraction of sp³-hybridized carbons (Fsp3) is 0.100. The third kappa shape index (κ3) is 2.61. The minimum absolute atomic E-state index is 0.262. The molecule has 23 heavy (non-hydrogen) atoms. The third-order valence-electron chi connectivity index (χ3n) is 4.15. The predicted molar refractivity (Wildman–Crippen MR) is 92.3 cm³/mol. The number of fused-ring (bicyclic) bond motifs is 1. The van der Waals surface area contributed by atoms with E-state index in [1.165, 1.54) is 5.56 Å². The van der Waals surface area contributed by atoms with Crippen molar-refractivity contribution in [3.8, 4) is 22.8 Å². The first-order valence-corrected chi connectivity index (χ1v) is 7.77. The van der Waals surface area contributed by atoms with Crippen LogP contribution in [-0.2, 0) is 0 Å². The Labute approximate surface area is 135 Å². The van der Waals surface area contributed by atoms with Gasteiger partial charge < -0.3 is 4.57 Å². The molecule has 2 aromatic rings. The Kier molecular flexibility index (Phi) is 3.39. The van der Waals surface area contributed by atoms with E-state index in [2.05, 4.69) is 58.1 Å². The molecule has 3 heteroatoms. The Morgan fingerprint density at radius 3 is 2.17 bits per heavy atom. The largest absolute Gasteiger partial charge is 0.345 e. The Morgan fingerprint density at radius 1 is 0.783 bits per heavy atom. The lowest BCUT2D eigenvalue weighted by Crippen LogP contribution is -2.07. The highest BCUT2D eigenvalue weighted by Gasteiger charge is 2.14. The van der Waals surface area contributed by atoms with E-state index in [-0.39, 0.29) is 6.04 Å². The SMILES string of the molecule is CC(c1ccccc1)n1ccc2nc(-c3ccccc3)nc-2c1. The maximum atomic E-state index is 4.69. The fourth-order valence-corrected chi connectivity index (χ4v) is 2.79. The number of hydrogen-bond acceptors (Lipinski definition) is 2. The molecule has 1 unspecified atom stereocenters. The Balaban J connectivity index is 1.73. The highest BCUT2D eigenvalue weighted by atomic mass is 15.0. The summed E-state index contributed by atoms with van der Waals surface area (Å²) in [6.07, 6.45) is 4.15. The van der Waals surface area contributed by atoms with Crippen LogP contribution in [0.2, 0.25) is 0 Å². The summed E-state index contributed by atoms with van der Waals surface area (Å²) in [4.78, 5) is 9.32. The molecule has 0 spiro atoms. The number of rotatable bonds is 3. The molecule has 0 saturated carbocycles. The Morgan fingerprint density at radius 2 is 1.43 bits per heavy atom. The van der Waals surface area contributed by atoms with Crippen LogP contribution in [0.15, 0.2) is 79.1 Å². The summed E-state index contributed by atoms with van der Waals surface area (Å²) in [5.74, 6) is 0.783. The van der Waals surface area contributed by atoms with Crippen molar-refractivity contribution in [2.24, 2.45) is 0 Å². The van der Waals surface area contributed by atoms with Gasteiger partial charge in [0, 0.05) is 18.0 Å². The molecule has 0 aromatic heterocycles. The average molecular weight is 299 g/mol. The summed E-state index contributed by atoms with van der Waals surface area (Å²) in [6.45, 7) is 2.19. The topological polar surface area (TPSA) is 30.7 Å². The van der Waals surface area contributed by atoms with Gasteiger partial charge in [0.05, 0.1) is 11.7 Å². The standard InChI is InChI=1S/C20H17N3/c1-15(16-8-4-2-5-9-16)23-13-12-18-19(14-23)22-20(21-18)17-10-6-3-7-11-17/h2-15H,1H3. The highest BCUT2D eigenvalue weighted by Crippen LogP contribution is 2.26. The number of imidazole rings is 1. The number of pyridine rings is 1. The van der Waals surface area contributed by atoms with Crippen molar-refractivity contribution in [1.29, 1.82) is 0 Å². The van der Waals surface area contributed by atoms with Crippen LogP contribution in [0.3, 0.4) is 0 Å². The average Bonchev–Trinajstić information content (AvgIpc) is 3.06. The number of benzene rings is 2. The van der Waals surface area contributed by atoms with Gasteiger partial charge in [-0.05, 0) is 18.6 Å². The lowest BCUT2D eigenvalue weighted by atomic mass is 10.1. The molecule has 3 nitrogen and oxygen atoms in total. The van der Waals surface area contributed by atoms with Crippen molar-refractivity contribution >= 4 is 0 Å². The summed E-state index contributed by atoms with van der Waals surface area (Å²) in [5, 5.41) is 0. The van der Waals surface area contributed by atoms with E-state index < -0.39 is 0 Å². The van der Waals surface area contributed by atoms with Crippen molar-refractivity contribution in [3.05, 3.63) is 84.7 Å². The molecule has 0 amide bonds. The molecule has 2 heterocycles. The highest BCUT2D eigenvalue weighted by molar-refractivity contribution is 5.65. The van der Waals surface area contributed by atoms with Crippen molar-refractivity contribution in [1.82, 2.24) is 14.5 Å². The van der Waals surface area contributed by atoms with E-state index in [1.807, 2.05) is 42.5 Å². The summed E-state index contributed by atoms with van der Waals surface area (Å²) in [6, 6.07) is 22.9. The van der Waals surface area contributed by atoms with Gasteiger partial charge in [-0.15, -0.1) is 0 Å². The van der Waals surface area contributed by atoms with Crippen LogP contribution in [0.1, 0.15) is 18.5 Å². The second kappa shape index (κ2) is 5.69. The zero-order valence-electron chi connectivity index (χ0n) is 12.9. The quantitative estimate of drug-likeness (QED) is 0.551. The molecular weight excluding hydrogens is 282 g/mol. The molecule has 1 atom stereocenters. The minimum atomic E-state index is 0.262. The second-order valence-electron chi connectivity index (χ2n) is 5.66. The maximum Gasteiger partial charge on any atom is 0.160 e. The van der Waals surface area contributed by atoms with Gasteiger partial charge in [0.1, 0.15) is 5.69 Å². The molecule has 112 valence electrons. The molecule has 2 aliphatic rings. The third-order valence-corrected chi connectivity index (χ3v) is 4.15. The van der Waals surface area contributed by atoms with Crippen LogP contribution in [0, 0.1) is 0 Å². The normalized spacial score (nSPS) is 12.4. The van der Waals surface area contributed by atoms with Gasteiger partial charge in [-0.2, -0.15) is 0 Å². The monoisotopic (exact) mass is 299 g/mol. The molecule has 0 saturated heterocycles. The fourth-order valence-electron chi connectivity index (χ4n) is 2.79. The number of aromatic nitrogens is 3. The van der Waals surface area contributed by atoms with Crippen LogP contribution >= 0.6 is 0 Å². The molecule has 2 aromatic carbocycles. The molecule has 4 rings (SSSR count). The molecule has 2 aliphatic heterocycles. The predicted octanol–water partition coefficient (Wildman–Crippen LogP) is 4.66. The van der Waals surface area contributed by atoms with E-state index in [9.17, 15) is 0 Å². The van der Waals surface area contributed by atoms with E-state index in [0.717, 1.165) is 22.8 Å². The molecule has 0 fully saturated rings. The van der Waals surface area contributed by atoms with Gasteiger partial charge in [0.25, 0.3) is 0 Å². The van der Waals surface area contributed by atoms with Crippen LogP contribution in [-0.4, -0.2) is 14.5 Å². The molecule has 0 bridgehead atoms. The molecular formula is C20H17N3. The summed E-state index contributed by atoms with van der Waals surface area (Å²) >= 11 is 0. The Hall–Kier alpha value is -2.94. The maximum absolute atomic E-state index is 4.69. The summed E-state index contributed by atoms with van der Waals surface area (Å²) in [7, 11) is 0. The van der Waals surface area contributed by atoms with Crippen LogP contribution < -0.4 is 0 Å².